The smallest absolute Gasteiger partial charge is 0.323 e. The lowest BCUT2D eigenvalue weighted by Crippen LogP contribution is -2.46. The van der Waals surface area contributed by atoms with Crippen LogP contribution in [0.4, 0.5) is 5.69 Å². The minimum absolute atomic E-state index is 0.0431. The van der Waals surface area contributed by atoms with Crippen LogP contribution in [0.5, 0.6) is 5.75 Å². The molecule has 118 valence electrons. The Morgan fingerprint density at radius 2 is 1.86 bits per heavy atom. The van der Waals surface area contributed by atoms with Gasteiger partial charge in [0.1, 0.15) is 0 Å². The van der Waals surface area contributed by atoms with Gasteiger partial charge in [0, 0.05) is 19.9 Å². The molecule has 22 heavy (non-hydrogen) atoms. The first kappa shape index (κ1) is 15.7. The first-order valence-electron chi connectivity index (χ1n) is 6.50. The summed E-state index contributed by atoms with van der Waals surface area (Å²) in [6, 6.07) is 4.22. The fourth-order valence-electron chi connectivity index (χ4n) is 2.15. The van der Waals surface area contributed by atoms with Crippen molar-refractivity contribution in [3.8, 4) is 5.75 Å². The van der Waals surface area contributed by atoms with Gasteiger partial charge in [0.2, 0.25) is 0 Å². The van der Waals surface area contributed by atoms with E-state index in [9.17, 15) is 19.7 Å². The molecule has 1 aliphatic rings. The molecule has 0 aromatic heterocycles. The van der Waals surface area contributed by atoms with Crippen LogP contribution in [0.1, 0.15) is 19.4 Å². The van der Waals surface area contributed by atoms with Crippen molar-refractivity contribution in [2.24, 2.45) is 5.92 Å². The van der Waals surface area contributed by atoms with Gasteiger partial charge in [-0.25, -0.2) is 0 Å². The van der Waals surface area contributed by atoms with Crippen LogP contribution in [0.3, 0.4) is 0 Å². The van der Waals surface area contributed by atoms with Gasteiger partial charge in [-0.2, -0.15) is 0 Å². The molecule has 8 nitrogen and oxygen atoms in total. The summed E-state index contributed by atoms with van der Waals surface area (Å²) in [6.07, 6.45) is -0.0431. The number of methoxy groups -OCH3 is 1. The van der Waals surface area contributed by atoms with Gasteiger partial charge in [-0.15, -0.1) is 0 Å². The largest absolute Gasteiger partial charge is 0.490 e. The molecule has 1 aromatic rings. The average molecular weight is 309 g/mol. The van der Waals surface area contributed by atoms with Crippen molar-refractivity contribution in [3.63, 3.8) is 0 Å². The van der Waals surface area contributed by atoms with E-state index in [0.29, 0.717) is 5.56 Å². The minimum Gasteiger partial charge on any atom is -0.490 e. The predicted molar refractivity (Wildman–Crippen MR) is 73.1 cm³/mol. The summed E-state index contributed by atoms with van der Waals surface area (Å²) in [5.41, 5.74) is 0.198. The summed E-state index contributed by atoms with van der Waals surface area (Å²) in [7, 11) is 1.32. The maximum absolute atomic E-state index is 11.9. The van der Waals surface area contributed by atoms with Crippen LogP contribution >= 0.6 is 0 Å². The first-order chi connectivity index (χ1) is 10.2. The molecule has 0 aliphatic carbocycles. The molecule has 0 atom stereocenters. The van der Waals surface area contributed by atoms with Crippen LogP contribution in [-0.4, -0.2) is 29.8 Å². The molecule has 1 saturated heterocycles. The van der Waals surface area contributed by atoms with E-state index in [-0.39, 0.29) is 17.9 Å². The van der Waals surface area contributed by atoms with Crippen molar-refractivity contribution in [2.45, 2.75) is 26.1 Å². The topological polar surface area (TPSA) is 105 Å². The van der Waals surface area contributed by atoms with E-state index in [4.69, 9.17) is 14.2 Å². The van der Waals surface area contributed by atoms with Crippen molar-refractivity contribution in [3.05, 3.63) is 33.9 Å². The summed E-state index contributed by atoms with van der Waals surface area (Å²) in [5, 5.41) is 11.0. The predicted octanol–water partition coefficient (Wildman–Crippen LogP) is 1.60. The van der Waals surface area contributed by atoms with Crippen LogP contribution in [0.15, 0.2) is 18.2 Å². The van der Waals surface area contributed by atoms with E-state index in [0.717, 1.165) is 0 Å². The molecule has 1 aliphatic heterocycles. The van der Waals surface area contributed by atoms with Crippen molar-refractivity contribution < 1.29 is 28.7 Å². The maximum atomic E-state index is 11.9. The molecule has 0 bridgehead atoms. The van der Waals surface area contributed by atoms with E-state index in [1.54, 1.807) is 6.07 Å². The Kier molecular flexibility index (Phi) is 4.03. The van der Waals surface area contributed by atoms with E-state index in [1.165, 1.54) is 33.1 Å². The lowest BCUT2D eigenvalue weighted by Gasteiger charge is -2.32. The van der Waals surface area contributed by atoms with Crippen LogP contribution in [0.2, 0.25) is 0 Å². The van der Waals surface area contributed by atoms with Crippen LogP contribution < -0.4 is 4.74 Å². The highest BCUT2D eigenvalue weighted by Crippen LogP contribution is 2.30. The lowest BCUT2D eigenvalue weighted by molar-refractivity contribution is -0.385. The SMILES string of the molecule is COc1ccc(CC2C(=O)OC(C)(C)OC2=O)cc1[N+](=O)[O-]. The zero-order valence-electron chi connectivity index (χ0n) is 12.3. The first-order valence-corrected chi connectivity index (χ1v) is 6.50. The molecule has 0 saturated carbocycles. The third-order valence-electron chi connectivity index (χ3n) is 3.14. The van der Waals surface area contributed by atoms with Gasteiger partial charge in [0.25, 0.3) is 5.79 Å². The number of esters is 2. The van der Waals surface area contributed by atoms with Crippen molar-refractivity contribution >= 4 is 17.6 Å². The number of hydrogen-bond acceptors (Lipinski definition) is 7. The number of carbonyl (C=O) groups is 2. The number of nitro benzene ring substituents is 1. The third-order valence-corrected chi connectivity index (χ3v) is 3.14. The van der Waals surface area contributed by atoms with E-state index < -0.39 is 28.6 Å². The number of nitro groups is 1. The van der Waals surface area contributed by atoms with Crippen molar-refractivity contribution in [1.29, 1.82) is 0 Å². The molecule has 1 aromatic carbocycles. The van der Waals surface area contributed by atoms with E-state index in [2.05, 4.69) is 0 Å². The van der Waals surface area contributed by atoms with Gasteiger partial charge < -0.3 is 14.2 Å². The standard InChI is InChI=1S/C14H15NO7/c1-14(2)21-12(16)9(13(17)22-14)6-8-4-5-11(20-3)10(7-8)15(18)19/h4-5,7,9H,6H2,1-3H3. The number of hydrogen-bond donors (Lipinski definition) is 0. The van der Waals surface area contributed by atoms with Gasteiger partial charge in [-0.05, 0) is 18.1 Å². The van der Waals surface area contributed by atoms with Crippen LogP contribution in [0.25, 0.3) is 0 Å². The van der Waals surface area contributed by atoms with Gasteiger partial charge in [-0.1, -0.05) is 6.07 Å². The Morgan fingerprint density at radius 1 is 1.27 bits per heavy atom. The number of ether oxygens (including phenoxy) is 3. The summed E-state index contributed by atoms with van der Waals surface area (Å²) < 4.78 is 14.9. The van der Waals surface area contributed by atoms with Crippen molar-refractivity contribution in [2.75, 3.05) is 7.11 Å². The van der Waals surface area contributed by atoms with Gasteiger partial charge >= 0.3 is 17.6 Å². The van der Waals surface area contributed by atoms with E-state index >= 15 is 0 Å². The number of carbonyl (C=O) groups excluding carboxylic acids is 2. The van der Waals surface area contributed by atoms with E-state index in [1.807, 2.05) is 0 Å². The average Bonchev–Trinajstić information content (AvgIpc) is 2.41. The molecule has 8 heteroatoms. The highest BCUT2D eigenvalue weighted by molar-refractivity contribution is 5.97. The molecule has 1 fully saturated rings. The van der Waals surface area contributed by atoms with Crippen molar-refractivity contribution in [1.82, 2.24) is 0 Å². The molecular weight excluding hydrogens is 294 g/mol. The number of rotatable bonds is 4. The monoisotopic (exact) mass is 309 g/mol. The Morgan fingerprint density at radius 3 is 2.36 bits per heavy atom. The molecular formula is C14H15NO7. The second kappa shape index (κ2) is 5.63. The Bertz CT molecular complexity index is 618. The summed E-state index contributed by atoms with van der Waals surface area (Å²) >= 11 is 0. The second-order valence-corrected chi connectivity index (χ2v) is 5.26. The number of cyclic esters (lactones) is 2. The third kappa shape index (κ3) is 3.16. The quantitative estimate of drug-likeness (QED) is 0.360. The Hall–Kier alpha value is -2.64. The molecule has 1 heterocycles. The number of benzene rings is 1. The normalized spacial score (nSPS) is 17.6. The summed E-state index contributed by atoms with van der Waals surface area (Å²) in [6.45, 7) is 2.91. The van der Waals surface area contributed by atoms with Crippen LogP contribution in [-0.2, 0) is 25.5 Å². The fourth-order valence-corrected chi connectivity index (χ4v) is 2.15. The highest BCUT2D eigenvalue weighted by Gasteiger charge is 2.43. The van der Waals surface area contributed by atoms with Gasteiger partial charge in [0.05, 0.1) is 12.0 Å². The molecule has 0 amide bonds. The zero-order valence-corrected chi connectivity index (χ0v) is 12.3. The van der Waals surface area contributed by atoms with Crippen LogP contribution in [0, 0.1) is 16.0 Å². The fraction of sp³-hybridized carbons (Fsp3) is 0.429. The molecule has 0 unspecified atom stereocenters. The number of nitrogens with zero attached hydrogens (tertiary/aromatic N) is 1. The molecule has 2 rings (SSSR count). The minimum atomic E-state index is -1.30. The highest BCUT2D eigenvalue weighted by atomic mass is 16.7. The molecule has 0 radical (unpaired) electrons. The molecule has 0 N–H and O–H groups in total. The lowest BCUT2D eigenvalue weighted by atomic mass is 9.98. The summed E-state index contributed by atoms with van der Waals surface area (Å²) in [4.78, 5) is 34.2. The van der Waals surface area contributed by atoms with Gasteiger partial charge in [0.15, 0.2) is 11.7 Å². The van der Waals surface area contributed by atoms with Gasteiger partial charge in [-0.3, -0.25) is 19.7 Å². The maximum Gasteiger partial charge on any atom is 0.323 e. The Labute approximate surface area is 126 Å². The zero-order chi connectivity index (χ0) is 16.5. The second-order valence-electron chi connectivity index (χ2n) is 5.26. The Balaban J connectivity index is 2.24. The molecule has 0 spiro atoms. The summed E-state index contributed by atoms with van der Waals surface area (Å²) in [5.74, 6) is -3.75.